The molecule has 0 radical (unpaired) electrons. The maximum atomic E-state index is 12.9. The van der Waals surface area contributed by atoms with Gasteiger partial charge in [-0.05, 0) is 63.5 Å². The lowest BCUT2D eigenvalue weighted by molar-refractivity contribution is -0.142. The Morgan fingerprint density at radius 2 is 1.42 bits per heavy atom. The molecule has 0 bridgehead atoms. The first kappa shape index (κ1) is 29.1. The normalized spacial score (nSPS) is 14.9. The highest BCUT2D eigenvalue weighted by molar-refractivity contribution is 7.98. The van der Waals surface area contributed by atoms with Gasteiger partial charge in [0.15, 0.2) is 0 Å². The zero-order chi connectivity index (χ0) is 24.0. The van der Waals surface area contributed by atoms with E-state index in [2.05, 4.69) is 16.0 Å². The lowest BCUT2D eigenvalue weighted by Crippen LogP contribution is -2.57. The molecule has 0 saturated carbocycles. The molecule has 0 aliphatic carbocycles. The summed E-state index contributed by atoms with van der Waals surface area (Å²) in [6.45, 7) is 5.78. The van der Waals surface area contributed by atoms with Crippen LogP contribution < -0.4 is 27.4 Å². The summed E-state index contributed by atoms with van der Waals surface area (Å²) in [5.41, 5.74) is 11.1. The summed E-state index contributed by atoms with van der Waals surface area (Å²) in [7, 11) is 0. The number of thioether (sulfide) groups is 1. The molecule has 180 valence electrons. The van der Waals surface area contributed by atoms with Gasteiger partial charge >= 0.3 is 5.97 Å². The number of carbonyl (C=O) groups excluding carboxylic acids is 3. The van der Waals surface area contributed by atoms with Crippen LogP contribution in [0.25, 0.3) is 0 Å². The Hall–Kier alpha value is -1.85. The van der Waals surface area contributed by atoms with E-state index in [1.165, 1.54) is 18.7 Å². The third-order valence-electron chi connectivity index (χ3n) is 4.56. The third kappa shape index (κ3) is 12.6. The van der Waals surface area contributed by atoms with E-state index in [-0.39, 0.29) is 12.3 Å². The van der Waals surface area contributed by atoms with Crippen LogP contribution in [0.5, 0.6) is 0 Å². The summed E-state index contributed by atoms with van der Waals surface area (Å²) in [6, 6.07) is -3.61. The predicted molar refractivity (Wildman–Crippen MR) is 122 cm³/mol. The van der Waals surface area contributed by atoms with Crippen molar-refractivity contribution in [2.75, 3.05) is 18.6 Å². The van der Waals surface area contributed by atoms with Gasteiger partial charge in [0.25, 0.3) is 0 Å². The molecule has 0 aromatic rings. The number of carboxylic acid groups (broad SMARTS) is 1. The number of aliphatic carboxylic acids is 1. The second-order valence-corrected chi connectivity index (χ2v) is 8.99. The van der Waals surface area contributed by atoms with Gasteiger partial charge in [0.05, 0.1) is 6.04 Å². The Morgan fingerprint density at radius 1 is 0.871 bits per heavy atom. The van der Waals surface area contributed by atoms with E-state index in [4.69, 9.17) is 11.5 Å². The lowest BCUT2D eigenvalue weighted by Gasteiger charge is -2.25. The van der Waals surface area contributed by atoms with Gasteiger partial charge < -0.3 is 32.5 Å². The van der Waals surface area contributed by atoms with Gasteiger partial charge in [-0.15, -0.1) is 0 Å². The molecule has 11 heteroatoms. The molecule has 0 aromatic carbocycles. The molecule has 8 N–H and O–H groups in total. The number of amides is 3. The SMILES string of the molecule is CSCCC(NC(=O)C(CCCCN)NC(=O)C(CC(C)C)NC(=O)C(C)N)C(=O)O. The van der Waals surface area contributed by atoms with Crippen LogP contribution in [0.3, 0.4) is 0 Å². The quantitative estimate of drug-likeness (QED) is 0.171. The van der Waals surface area contributed by atoms with Crippen LogP contribution in [0.1, 0.15) is 52.9 Å². The standard InChI is InChI=1S/C20H39N5O5S/c1-12(2)11-16(25-17(26)13(3)22)19(28)23-14(7-5-6-9-21)18(27)24-15(20(29)30)8-10-31-4/h12-16H,5-11,21-22H2,1-4H3,(H,23,28)(H,24,27)(H,25,26)(H,29,30). The van der Waals surface area contributed by atoms with Gasteiger partial charge in [-0.25, -0.2) is 4.79 Å². The summed E-state index contributed by atoms with van der Waals surface area (Å²) >= 11 is 1.48. The molecule has 31 heavy (non-hydrogen) atoms. The van der Waals surface area contributed by atoms with Gasteiger partial charge in [-0.2, -0.15) is 11.8 Å². The molecular weight excluding hydrogens is 422 g/mol. The molecule has 10 nitrogen and oxygen atoms in total. The van der Waals surface area contributed by atoms with Crippen molar-refractivity contribution in [2.24, 2.45) is 17.4 Å². The van der Waals surface area contributed by atoms with E-state index in [1.54, 1.807) is 0 Å². The highest BCUT2D eigenvalue weighted by atomic mass is 32.2. The summed E-state index contributed by atoms with van der Waals surface area (Å²) in [4.78, 5) is 49.2. The molecule has 0 fully saturated rings. The second kappa shape index (κ2) is 15.9. The Kier molecular flexibility index (Phi) is 14.9. The fraction of sp³-hybridized carbons (Fsp3) is 0.800. The maximum Gasteiger partial charge on any atom is 0.326 e. The molecule has 0 heterocycles. The monoisotopic (exact) mass is 461 g/mol. The van der Waals surface area contributed by atoms with Crippen molar-refractivity contribution in [3.05, 3.63) is 0 Å². The molecule has 0 spiro atoms. The van der Waals surface area contributed by atoms with E-state index >= 15 is 0 Å². The lowest BCUT2D eigenvalue weighted by atomic mass is 10.0. The molecule has 0 aliphatic heterocycles. The highest BCUT2D eigenvalue weighted by Crippen LogP contribution is 2.09. The minimum Gasteiger partial charge on any atom is -0.480 e. The molecule has 0 aliphatic rings. The van der Waals surface area contributed by atoms with Crippen molar-refractivity contribution < 1.29 is 24.3 Å². The van der Waals surface area contributed by atoms with E-state index in [0.717, 1.165) is 0 Å². The number of carboxylic acids is 1. The summed E-state index contributed by atoms with van der Waals surface area (Å²) in [5, 5.41) is 17.2. The van der Waals surface area contributed by atoms with E-state index in [9.17, 15) is 24.3 Å². The van der Waals surface area contributed by atoms with E-state index in [1.807, 2.05) is 20.1 Å². The van der Waals surface area contributed by atoms with Crippen molar-refractivity contribution in [1.82, 2.24) is 16.0 Å². The average Bonchev–Trinajstić information content (AvgIpc) is 2.68. The zero-order valence-corrected chi connectivity index (χ0v) is 19.8. The number of nitrogens with two attached hydrogens (primary N) is 2. The van der Waals surface area contributed by atoms with Crippen molar-refractivity contribution in [3.8, 4) is 0 Å². The van der Waals surface area contributed by atoms with Gasteiger partial charge in [0, 0.05) is 0 Å². The predicted octanol–water partition coefficient (Wildman–Crippen LogP) is -0.199. The van der Waals surface area contributed by atoms with Crippen LogP contribution in [0.2, 0.25) is 0 Å². The van der Waals surface area contributed by atoms with Gasteiger partial charge in [-0.1, -0.05) is 13.8 Å². The number of unbranched alkanes of at least 4 members (excludes halogenated alkanes) is 1. The fourth-order valence-electron chi connectivity index (χ4n) is 2.81. The second-order valence-electron chi connectivity index (χ2n) is 8.01. The molecule has 0 saturated heterocycles. The number of nitrogens with one attached hydrogen (secondary N) is 3. The first-order valence-corrected chi connectivity index (χ1v) is 12.0. The molecular formula is C20H39N5O5S. The maximum absolute atomic E-state index is 12.9. The molecule has 4 unspecified atom stereocenters. The van der Waals surface area contributed by atoms with Crippen LogP contribution in [0.15, 0.2) is 0 Å². The van der Waals surface area contributed by atoms with Crippen LogP contribution in [0, 0.1) is 5.92 Å². The Bertz CT molecular complexity index is 588. The highest BCUT2D eigenvalue weighted by Gasteiger charge is 2.29. The van der Waals surface area contributed by atoms with Crippen LogP contribution >= 0.6 is 11.8 Å². The van der Waals surface area contributed by atoms with Gasteiger partial charge in [0.1, 0.15) is 18.1 Å². The largest absolute Gasteiger partial charge is 0.480 e. The van der Waals surface area contributed by atoms with Crippen LogP contribution in [0.4, 0.5) is 0 Å². The van der Waals surface area contributed by atoms with Crippen molar-refractivity contribution in [1.29, 1.82) is 0 Å². The Labute approximate surface area is 189 Å². The Balaban J connectivity index is 5.38. The Morgan fingerprint density at radius 3 is 1.90 bits per heavy atom. The van der Waals surface area contributed by atoms with E-state index in [0.29, 0.717) is 38.0 Å². The van der Waals surface area contributed by atoms with Crippen molar-refractivity contribution in [3.63, 3.8) is 0 Å². The van der Waals surface area contributed by atoms with Crippen LogP contribution in [-0.2, 0) is 19.2 Å². The molecule has 3 amide bonds. The summed E-state index contributed by atoms with van der Waals surface area (Å²) in [5.74, 6) is -1.99. The fourth-order valence-corrected chi connectivity index (χ4v) is 3.28. The first-order valence-electron chi connectivity index (χ1n) is 10.6. The summed E-state index contributed by atoms with van der Waals surface area (Å²) in [6.07, 6.45) is 4.03. The third-order valence-corrected chi connectivity index (χ3v) is 5.20. The first-order chi connectivity index (χ1) is 14.5. The number of rotatable bonds is 16. The minimum absolute atomic E-state index is 0.108. The van der Waals surface area contributed by atoms with Crippen molar-refractivity contribution >= 4 is 35.5 Å². The van der Waals surface area contributed by atoms with Crippen LogP contribution in [-0.4, -0.2) is 71.5 Å². The molecule has 0 aromatic heterocycles. The van der Waals surface area contributed by atoms with E-state index < -0.39 is 47.9 Å². The minimum atomic E-state index is -1.13. The average molecular weight is 462 g/mol. The zero-order valence-electron chi connectivity index (χ0n) is 19.0. The van der Waals surface area contributed by atoms with Crippen molar-refractivity contribution in [2.45, 2.75) is 77.0 Å². The number of hydrogen-bond donors (Lipinski definition) is 6. The number of hydrogen-bond acceptors (Lipinski definition) is 7. The van der Waals surface area contributed by atoms with Gasteiger partial charge in [-0.3, -0.25) is 14.4 Å². The molecule has 4 atom stereocenters. The molecule has 0 rings (SSSR count). The van der Waals surface area contributed by atoms with Gasteiger partial charge in [0.2, 0.25) is 17.7 Å². The summed E-state index contributed by atoms with van der Waals surface area (Å²) < 4.78 is 0. The number of carbonyl (C=O) groups is 4. The topological polar surface area (TPSA) is 177 Å². The smallest absolute Gasteiger partial charge is 0.326 e.